The van der Waals surface area contributed by atoms with Gasteiger partial charge in [0.15, 0.2) is 29.7 Å². The summed E-state index contributed by atoms with van der Waals surface area (Å²) in [6, 6.07) is 4.06. The number of fused-ring (bicyclic) bond motifs is 1. The van der Waals surface area contributed by atoms with Crippen molar-refractivity contribution in [1.82, 2.24) is 10.2 Å². The number of carbonyl (C=O) groups is 5. The smallest absolute Gasteiger partial charge is 0.412 e. The number of thiophene rings is 1. The SMILES string of the molecule is CCNC(=O)Oc1cc(C(=O)C(N)C(=O)c2cc3c(s2)CCN(C(=O)OC(C)(C)C)C3)ccc1OCC(=O)OC(C)(C)C. The van der Waals surface area contributed by atoms with E-state index in [-0.39, 0.29) is 30.2 Å². The van der Waals surface area contributed by atoms with E-state index in [1.165, 1.54) is 29.5 Å². The number of nitrogens with two attached hydrogens (primary N) is 1. The lowest BCUT2D eigenvalue weighted by atomic mass is 9.99. The van der Waals surface area contributed by atoms with Gasteiger partial charge in [-0.05, 0) is 84.7 Å². The van der Waals surface area contributed by atoms with Gasteiger partial charge in [0.05, 0.1) is 11.4 Å². The van der Waals surface area contributed by atoms with Crippen LogP contribution in [0.5, 0.6) is 11.5 Å². The summed E-state index contributed by atoms with van der Waals surface area (Å²) >= 11 is 1.24. The average molecular weight is 618 g/mol. The maximum atomic E-state index is 13.3. The minimum absolute atomic E-state index is 0.00202. The first-order valence-electron chi connectivity index (χ1n) is 13.8. The molecule has 0 spiro atoms. The van der Waals surface area contributed by atoms with Crippen LogP contribution in [-0.4, -0.2) is 71.6 Å². The van der Waals surface area contributed by atoms with Crippen molar-refractivity contribution >= 4 is 41.1 Å². The molecule has 234 valence electrons. The van der Waals surface area contributed by atoms with Crippen molar-refractivity contribution in [1.29, 1.82) is 0 Å². The molecule has 0 fully saturated rings. The lowest BCUT2D eigenvalue weighted by molar-refractivity contribution is -0.157. The molecule has 3 N–H and O–H groups in total. The number of ketones is 2. The van der Waals surface area contributed by atoms with Crippen LogP contribution >= 0.6 is 11.3 Å². The Balaban J connectivity index is 1.76. The van der Waals surface area contributed by atoms with E-state index in [9.17, 15) is 24.0 Å². The molecular formula is C30H39N3O9S. The first kappa shape index (κ1) is 33.5. The Morgan fingerprint density at radius 3 is 2.28 bits per heavy atom. The number of amides is 2. The van der Waals surface area contributed by atoms with E-state index in [0.717, 1.165) is 10.4 Å². The van der Waals surface area contributed by atoms with Gasteiger partial charge in [-0.25, -0.2) is 14.4 Å². The predicted molar refractivity (Wildman–Crippen MR) is 159 cm³/mol. The molecular weight excluding hydrogens is 578 g/mol. The maximum absolute atomic E-state index is 13.3. The summed E-state index contributed by atoms with van der Waals surface area (Å²) in [6.07, 6.45) is -0.700. The summed E-state index contributed by atoms with van der Waals surface area (Å²) in [4.78, 5) is 66.2. The number of Topliss-reactive ketones (excluding diaryl/α,β-unsaturated/α-hetero) is 2. The fraction of sp³-hybridized carbons (Fsp3) is 0.500. The van der Waals surface area contributed by atoms with Gasteiger partial charge in [-0.1, -0.05) is 0 Å². The minimum Gasteiger partial charge on any atom is -0.478 e. The lowest BCUT2D eigenvalue weighted by Crippen LogP contribution is -2.39. The fourth-order valence-corrected chi connectivity index (χ4v) is 5.18. The topological polar surface area (TPSA) is 164 Å². The highest BCUT2D eigenvalue weighted by molar-refractivity contribution is 7.14. The molecule has 3 rings (SSSR count). The van der Waals surface area contributed by atoms with Crippen LogP contribution in [0.2, 0.25) is 0 Å². The van der Waals surface area contributed by atoms with Gasteiger partial charge < -0.3 is 34.9 Å². The third kappa shape index (κ3) is 9.52. The van der Waals surface area contributed by atoms with E-state index in [1.54, 1.807) is 59.4 Å². The summed E-state index contributed by atoms with van der Waals surface area (Å²) < 4.78 is 21.5. The quantitative estimate of drug-likeness (QED) is 0.236. The van der Waals surface area contributed by atoms with Crippen molar-refractivity contribution in [2.24, 2.45) is 5.73 Å². The van der Waals surface area contributed by atoms with E-state index in [0.29, 0.717) is 17.8 Å². The van der Waals surface area contributed by atoms with E-state index in [1.807, 2.05) is 0 Å². The molecule has 0 bridgehead atoms. The van der Waals surface area contributed by atoms with Gasteiger partial charge in [0.2, 0.25) is 0 Å². The number of esters is 1. The molecule has 13 heteroatoms. The summed E-state index contributed by atoms with van der Waals surface area (Å²) in [6.45, 7) is 12.7. The van der Waals surface area contributed by atoms with Crippen LogP contribution in [0.3, 0.4) is 0 Å². The lowest BCUT2D eigenvalue weighted by Gasteiger charge is -2.29. The van der Waals surface area contributed by atoms with Crippen LogP contribution in [0, 0.1) is 0 Å². The molecule has 1 atom stereocenters. The second kappa shape index (κ2) is 13.6. The van der Waals surface area contributed by atoms with Crippen molar-refractivity contribution in [3.8, 4) is 11.5 Å². The molecule has 1 aliphatic rings. The van der Waals surface area contributed by atoms with Crippen LogP contribution in [-0.2, 0) is 27.2 Å². The highest BCUT2D eigenvalue weighted by atomic mass is 32.1. The largest absolute Gasteiger partial charge is 0.478 e. The summed E-state index contributed by atoms with van der Waals surface area (Å²) in [5, 5.41) is 2.47. The Morgan fingerprint density at radius 1 is 0.977 bits per heavy atom. The van der Waals surface area contributed by atoms with E-state index in [4.69, 9.17) is 24.7 Å². The number of benzene rings is 1. The molecule has 2 aromatic rings. The van der Waals surface area contributed by atoms with Crippen LogP contribution < -0.4 is 20.5 Å². The summed E-state index contributed by atoms with van der Waals surface area (Å²) in [5.41, 5.74) is 5.58. The molecule has 1 aliphatic heterocycles. The second-order valence-corrected chi connectivity index (χ2v) is 13.0. The zero-order valence-corrected chi connectivity index (χ0v) is 26.3. The summed E-state index contributed by atoms with van der Waals surface area (Å²) in [7, 11) is 0. The molecule has 1 aromatic carbocycles. The zero-order chi connectivity index (χ0) is 32.1. The molecule has 12 nitrogen and oxygen atoms in total. The molecule has 2 amide bonds. The minimum atomic E-state index is -1.53. The summed E-state index contributed by atoms with van der Waals surface area (Å²) in [5.74, 6) is -2.06. The standard InChI is InChI=1S/C30H39N3O9S/c1-8-32-27(37)40-20-13-17(9-10-19(20)39-16-23(34)41-29(2,3)4)25(35)24(31)26(36)22-14-18-15-33(12-11-21(18)43-22)28(38)42-30(5,6)7/h9-10,13-14,24H,8,11-12,15-16,31H2,1-7H3,(H,32,37). The molecule has 1 aromatic heterocycles. The number of ether oxygens (including phenoxy) is 4. The van der Waals surface area contributed by atoms with Crippen LogP contribution in [0.15, 0.2) is 24.3 Å². The van der Waals surface area contributed by atoms with E-state index in [2.05, 4.69) is 5.32 Å². The number of hydrogen-bond acceptors (Lipinski definition) is 11. The second-order valence-electron chi connectivity index (χ2n) is 11.9. The Morgan fingerprint density at radius 2 is 1.65 bits per heavy atom. The van der Waals surface area contributed by atoms with Crippen molar-refractivity contribution in [3.05, 3.63) is 45.1 Å². The van der Waals surface area contributed by atoms with E-state index >= 15 is 0 Å². The van der Waals surface area contributed by atoms with Crippen LogP contribution in [0.1, 0.15) is 78.9 Å². The van der Waals surface area contributed by atoms with E-state index < -0.39 is 53.6 Å². The first-order valence-corrected chi connectivity index (χ1v) is 14.7. The number of hydrogen-bond donors (Lipinski definition) is 2. The van der Waals surface area contributed by atoms with Crippen molar-refractivity contribution in [2.75, 3.05) is 19.7 Å². The van der Waals surface area contributed by atoms with Gasteiger partial charge in [-0.2, -0.15) is 0 Å². The molecule has 43 heavy (non-hydrogen) atoms. The van der Waals surface area contributed by atoms with Gasteiger partial charge in [0, 0.05) is 23.5 Å². The van der Waals surface area contributed by atoms with Crippen LogP contribution in [0.25, 0.3) is 0 Å². The predicted octanol–water partition coefficient (Wildman–Crippen LogP) is 4.26. The van der Waals surface area contributed by atoms with Gasteiger partial charge in [-0.3, -0.25) is 9.59 Å². The monoisotopic (exact) mass is 617 g/mol. The fourth-order valence-electron chi connectivity index (χ4n) is 4.04. The van der Waals surface area contributed by atoms with Gasteiger partial charge in [-0.15, -0.1) is 11.3 Å². The first-order chi connectivity index (χ1) is 20.0. The van der Waals surface area contributed by atoms with Crippen molar-refractivity contribution < 1.29 is 42.9 Å². The maximum Gasteiger partial charge on any atom is 0.412 e. The molecule has 0 saturated carbocycles. The Labute approximate surface area is 254 Å². The van der Waals surface area contributed by atoms with Gasteiger partial charge in [0.25, 0.3) is 0 Å². The normalized spacial score (nSPS) is 13.8. The number of nitrogens with zero attached hydrogens (tertiary/aromatic N) is 1. The molecule has 2 heterocycles. The Kier molecular flexibility index (Phi) is 10.6. The Bertz CT molecular complexity index is 1390. The third-order valence-electron chi connectivity index (χ3n) is 5.84. The third-order valence-corrected chi connectivity index (χ3v) is 7.10. The van der Waals surface area contributed by atoms with Crippen LogP contribution in [0.4, 0.5) is 9.59 Å². The highest BCUT2D eigenvalue weighted by Gasteiger charge is 2.31. The van der Waals surface area contributed by atoms with Gasteiger partial charge >= 0.3 is 18.2 Å². The number of carbonyl (C=O) groups excluding carboxylic acids is 5. The average Bonchev–Trinajstić information content (AvgIpc) is 3.33. The van der Waals surface area contributed by atoms with Gasteiger partial charge in [0.1, 0.15) is 17.2 Å². The zero-order valence-electron chi connectivity index (χ0n) is 25.5. The molecule has 0 aliphatic carbocycles. The molecule has 0 saturated heterocycles. The highest BCUT2D eigenvalue weighted by Crippen LogP contribution is 2.32. The van der Waals surface area contributed by atoms with Crippen molar-refractivity contribution in [2.45, 2.75) is 78.7 Å². The Hall–Kier alpha value is -3.97. The molecule has 0 radical (unpaired) electrons. The number of rotatable bonds is 9. The number of nitrogens with one attached hydrogen (secondary N) is 1. The molecule has 1 unspecified atom stereocenters. The van der Waals surface area contributed by atoms with Crippen molar-refractivity contribution in [3.63, 3.8) is 0 Å².